The summed E-state index contributed by atoms with van der Waals surface area (Å²) in [5.41, 5.74) is -0.578. The Morgan fingerprint density at radius 1 is 1.38 bits per heavy atom. The molecule has 1 aliphatic rings. The largest absolute Gasteiger partial charge is 0.444 e. The number of ether oxygens (including phenoxy) is 1. The molecule has 0 aromatic carbocycles. The summed E-state index contributed by atoms with van der Waals surface area (Å²) >= 11 is 0. The normalized spacial score (nSPS) is 18.4. The van der Waals surface area contributed by atoms with Gasteiger partial charge in [0.1, 0.15) is 11.6 Å². The molecule has 0 bridgehead atoms. The molecule has 0 aliphatic carbocycles. The minimum absolute atomic E-state index is 0.265. The van der Waals surface area contributed by atoms with Crippen molar-refractivity contribution in [1.82, 2.24) is 14.9 Å². The fraction of sp³-hybridized carbons (Fsp3) is 0.571. The van der Waals surface area contributed by atoms with Crippen molar-refractivity contribution in [1.29, 1.82) is 0 Å². The van der Waals surface area contributed by atoms with Crippen LogP contribution in [-0.2, 0) is 9.53 Å². The lowest BCUT2D eigenvalue weighted by atomic mass is 10.2. The van der Waals surface area contributed by atoms with E-state index in [1.165, 1.54) is 23.5 Å². The van der Waals surface area contributed by atoms with E-state index in [9.17, 15) is 9.59 Å². The molecule has 1 fully saturated rings. The van der Waals surface area contributed by atoms with E-state index in [0.717, 1.165) is 6.42 Å². The monoisotopic (exact) mass is 292 g/mol. The van der Waals surface area contributed by atoms with Gasteiger partial charge in [-0.3, -0.25) is 14.7 Å². The van der Waals surface area contributed by atoms with Gasteiger partial charge >= 0.3 is 6.09 Å². The highest BCUT2D eigenvalue weighted by atomic mass is 16.6. The maximum absolute atomic E-state index is 12.3. The third-order valence-electron chi connectivity index (χ3n) is 3.00. The molecule has 1 atom stereocenters. The third-order valence-corrected chi connectivity index (χ3v) is 3.00. The number of carbonyl (C=O) groups is 2. The summed E-state index contributed by atoms with van der Waals surface area (Å²) in [6.45, 7) is 5.92. The zero-order chi connectivity index (χ0) is 15.5. The molecule has 2 heterocycles. The van der Waals surface area contributed by atoms with Crippen LogP contribution in [0.15, 0.2) is 18.6 Å². The summed E-state index contributed by atoms with van der Waals surface area (Å²) in [5.74, 6) is 0.109. The molecule has 2 amide bonds. The first kappa shape index (κ1) is 15.2. The van der Waals surface area contributed by atoms with Gasteiger partial charge in [-0.2, -0.15) is 0 Å². The average molecular weight is 292 g/mol. The lowest BCUT2D eigenvalue weighted by molar-refractivity contribution is -0.120. The van der Waals surface area contributed by atoms with Crippen LogP contribution in [0.2, 0.25) is 0 Å². The second-order valence-electron chi connectivity index (χ2n) is 5.91. The number of nitrogens with zero attached hydrogens (tertiary/aromatic N) is 3. The van der Waals surface area contributed by atoms with Crippen molar-refractivity contribution in [2.75, 3.05) is 11.9 Å². The highest BCUT2D eigenvalue weighted by Crippen LogP contribution is 2.21. The van der Waals surface area contributed by atoms with Crippen LogP contribution in [-0.4, -0.2) is 45.1 Å². The summed E-state index contributed by atoms with van der Waals surface area (Å²) in [7, 11) is 0. The molecule has 7 nitrogen and oxygen atoms in total. The Morgan fingerprint density at radius 2 is 2.14 bits per heavy atom. The molecule has 2 rings (SSSR count). The molecule has 0 unspecified atom stereocenters. The number of amides is 2. The molecule has 1 saturated heterocycles. The van der Waals surface area contributed by atoms with E-state index >= 15 is 0 Å². The predicted octanol–water partition coefficient (Wildman–Crippen LogP) is 1.81. The van der Waals surface area contributed by atoms with Gasteiger partial charge in [-0.05, 0) is 33.6 Å². The first-order chi connectivity index (χ1) is 9.87. The second kappa shape index (κ2) is 6.07. The van der Waals surface area contributed by atoms with Crippen molar-refractivity contribution in [3.05, 3.63) is 18.6 Å². The van der Waals surface area contributed by atoms with Gasteiger partial charge in [0.25, 0.3) is 0 Å². The quantitative estimate of drug-likeness (QED) is 0.898. The van der Waals surface area contributed by atoms with Crippen LogP contribution in [0.1, 0.15) is 33.6 Å². The molecule has 1 aliphatic heterocycles. The number of nitrogens with one attached hydrogen (secondary N) is 1. The first-order valence-corrected chi connectivity index (χ1v) is 6.93. The Balaban J connectivity index is 2.01. The number of carbonyl (C=O) groups excluding carboxylic acids is 2. The van der Waals surface area contributed by atoms with Crippen LogP contribution in [0.3, 0.4) is 0 Å². The van der Waals surface area contributed by atoms with E-state index in [4.69, 9.17) is 4.74 Å². The van der Waals surface area contributed by atoms with Crippen LogP contribution < -0.4 is 5.32 Å². The van der Waals surface area contributed by atoms with Crippen LogP contribution in [0.5, 0.6) is 0 Å². The van der Waals surface area contributed by atoms with E-state index in [-0.39, 0.29) is 5.91 Å². The number of aromatic nitrogens is 2. The Bertz CT molecular complexity index is 513. The van der Waals surface area contributed by atoms with Crippen molar-refractivity contribution in [3.8, 4) is 0 Å². The minimum Gasteiger partial charge on any atom is -0.444 e. The average Bonchev–Trinajstić information content (AvgIpc) is 2.87. The summed E-state index contributed by atoms with van der Waals surface area (Å²) < 4.78 is 5.33. The van der Waals surface area contributed by atoms with Crippen LogP contribution in [0, 0.1) is 0 Å². The van der Waals surface area contributed by atoms with Gasteiger partial charge in [0.15, 0.2) is 5.82 Å². The van der Waals surface area contributed by atoms with Gasteiger partial charge in [-0.15, -0.1) is 0 Å². The molecule has 1 N–H and O–H groups in total. The van der Waals surface area contributed by atoms with E-state index < -0.39 is 17.7 Å². The molecule has 0 radical (unpaired) electrons. The number of anilines is 1. The van der Waals surface area contributed by atoms with Crippen molar-refractivity contribution < 1.29 is 14.3 Å². The molecule has 21 heavy (non-hydrogen) atoms. The van der Waals surface area contributed by atoms with Crippen LogP contribution in [0.4, 0.5) is 10.6 Å². The maximum Gasteiger partial charge on any atom is 0.410 e. The van der Waals surface area contributed by atoms with E-state index in [2.05, 4.69) is 15.3 Å². The number of rotatable bonds is 2. The lowest BCUT2D eigenvalue weighted by Crippen LogP contribution is -2.45. The fourth-order valence-corrected chi connectivity index (χ4v) is 2.15. The molecule has 7 heteroatoms. The van der Waals surface area contributed by atoms with Gasteiger partial charge < -0.3 is 10.1 Å². The smallest absolute Gasteiger partial charge is 0.410 e. The lowest BCUT2D eigenvalue weighted by Gasteiger charge is -2.27. The van der Waals surface area contributed by atoms with Gasteiger partial charge in [0, 0.05) is 18.9 Å². The zero-order valence-corrected chi connectivity index (χ0v) is 12.5. The predicted molar refractivity (Wildman–Crippen MR) is 76.6 cm³/mol. The highest BCUT2D eigenvalue weighted by molar-refractivity contribution is 5.96. The number of hydrogen-bond donors (Lipinski definition) is 1. The van der Waals surface area contributed by atoms with Gasteiger partial charge in [0.05, 0.1) is 6.20 Å². The summed E-state index contributed by atoms with van der Waals surface area (Å²) in [6.07, 6.45) is 5.42. The van der Waals surface area contributed by atoms with Crippen LogP contribution in [0.25, 0.3) is 0 Å². The van der Waals surface area contributed by atoms with E-state index in [0.29, 0.717) is 18.8 Å². The maximum atomic E-state index is 12.3. The van der Waals surface area contributed by atoms with Crippen LogP contribution >= 0.6 is 0 Å². The Morgan fingerprint density at radius 3 is 2.76 bits per heavy atom. The highest BCUT2D eigenvalue weighted by Gasteiger charge is 2.36. The minimum atomic E-state index is -0.578. The van der Waals surface area contributed by atoms with Crippen molar-refractivity contribution in [2.24, 2.45) is 0 Å². The Kier molecular flexibility index (Phi) is 4.40. The zero-order valence-electron chi connectivity index (χ0n) is 12.5. The second-order valence-corrected chi connectivity index (χ2v) is 5.91. The molecular formula is C14H20N4O3. The Labute approximate surface area is 123 Å². The number of hydrogen-bond acceptors (Lipinski definition) is 5. The van der Waals surface area contributed by atoms with Crippen molar-refractivity contribution >= 4 is 17.8 Å². The summed E-state index contributed by atoms with van der Waals surface area (Å²) in [4.78, 5) is 33.7. The molecule has 0 spiro atoms. The van der Waals surface area contributed by atoms with Crippen molar-refractivity contribution in [3.63, 3.8) is 0 Å². The van der Waals surface area contributed by atoms with E-state index in [1.54, 1.807) is 20.8 Å². The number of likely N-dealkylation sites (tertiary alicyclic amines) is 1. The fourth-order valence-electron chi connectivity index (χ4n) is 2.15. The summed E-state index contributed by atoms with van der Waals surface area (Å²) in [5, 5.41) is 2.67. The molecular weight excluding hydrogens is 272 g/mol. The van der Waals surface area contributed by atoms with Gasteiger partial charge in [-0.25, -0.2) is 9.78 Å². The Hall–Kier alpha value is -2.18. The van der Waals surface area contributed by atoms with E-state index in [1.807, 2.05) is 0 Å². The summed E-state index contributed by atoms with van der Waals surface area (Å²) in [6, 6.07) is -0.526. The molecule has 0 saturated carbocycles. The molecule has 114 valence electrons. The van der Waals surface area contributed by atoms with Gasteiger partial charge in [-0.1, -0.05) is 0 Å². The standard InChI is InChI=1S/C14H20N4O3/c1-14(2,3)21-13(20)18-8-4-5-10(18)12(19)17-11-9-15-6-7-16-11/h6-7,9-10H,4-5,8H2,1-3H3,(H,16,17,19)/t10-/m0/s1. The topological polar surface area (TPSA) is 84.4 Å². The third kappa shape index (κ3) is 4.14. The molecule has 1 aromatic rings. The molecule has 1 aromatic heterocycles. The van der Waals surface area contributed by atoms with Crippen molar-refractivity contribution in [2.45, 2.75) is 45.3 Å². The van der Waals surface area contributed by atoms with Gasteiger partial charge in [0.2, 0.25) is 5.91 Å². The first-order valence-electron chi connectivity index (χ1n) is 6.93. The SMILES string of the molecule is CC(C)(C)OC(=O)N1CCC[C@H]1C(=O)Nc1cnccn1.